The van der Waals surface area contributed by atoms with Gasteiger partial charge in [0.05, 0.1) is 5.75 Å². The number of hydrogen-bond acceptors (Lipinski definition) is 7. The lowest BCUT2D eigenvalue weighted by atomic mass is 10.1. The highest BCUT2D eigenvalue weighted by atomic mass is 32.2. The number of carbonyl (C=O) groups is 1. The van der Waals surface area contributed by atoms with Gasteiger partial charge in [0.15, 0.2) is 5.16 Å². The van der Waals surface area contributed by atoms with Crippen LogP contribution in [-0.2, 0) is 24.2 Å². The highest BCUT2D eigenvalue weighted by Gasteiger charge is 2.15. The van der Waals surface area contributed by atoms with Gasteiger partial charge in [0.1, 0.15) is 10.8 Å². The van der Waals surface area contributed by atoms with Crippen molar-refractivity contribution < 1.29 is 4.79 Å². The van der Waals surface area contributed by atoms with E-state index < -0.39 is 0 Å². The first-order chi connectivity index (χ1) is 13.5. The summed E-state index contributed by atoms with van der Waals surface area (Å²) in [6.07, 6.45) is 1.59. The summed E-state index contributed by atoms with van der Waals surface area (Å²) >= 11 is 2.81. The van der Waals surface area contributed by atoms with Gasteiger partial charge in [-0.05, 0) is 18.4 Å². The monoisotopic (exact) mass is 416 g/mol. The molecule has 1 aromatic carbocycles. The highest BCUT2D eigenvalue weighted by Crippen LogP contribution is 2.21. The topological polar surface area (TPSA) is 85.6 Å². The molecule has 0 saturated heterocycles. The zero-order chi connectivity index (χ0) is 19.9. The van der Waals surface area contributed by atoms with E-state index in [1.807, 2.05) is 18.2 Å². The van der Waals surface area contributed by atoms with Crippen molar-refractivity contribution in [3.8, 4) is 0 Å². The number of carbonyl (C=O) groups excluding carboxylic acids is 1. The predicted octanol–water partition coefficient (Wildman–Crippen LogP) is 3.67. The van der Waals surface area contributed by atoms with Gasteiger partial charge in [-0.15, -0.1) is 20.4 Å². The van der Waals surface area contributed by atoms with Gasteiger partial charge in [-0.2, -0.15) is 0 Å². The fourth-order valence-corrected chi connectivity index (χ4v) is 4.46. The quantitative estimate of drug-likeness (QED) is 0.536. The maximum Gasteiger partial charge on any atom is 0.236 e. The van der Waals surface area contributed by atoms with Crippen LogP contribution in [0.2, 0.25) is 0 Å². The number of hydrogen-bond donors (Lipinski definition) is 1. The van der Waals surface area contributed by atoms with Crippen molar-refractivity contribution in [3.05, 3.63) is 46.7 Å². The normalized spacial score (nSPS) is 11.1. The van der Waals surface area contributed by atoms with Crippen molar-refractivity contribution in [3.63, 3.8) is 0 Å². The van der Waals surface area contributed by atoms with E-state index >= 15 is 0 Å². The summed E-state index contributed by atoms with van der Waals surface area (Å²) in [5.41, 5.74) is 1.19. The molecule has 0 bridgehead atoms. The minimum absolute atomic E-state index is 0.118. The van der Waals surface area contributed by atoms with Crippen molar-refractivity contribution >= 4 is 34.1 Å². The minimum Gasteiger partial charge on any atom is -0.306 e. The zero-order valence-electron chi connectivity index (χ0n) is 16.3. The van der Waals surface area contributed by atoms with Gasteiger partial charge in [0, 0.05) is 19.4 Å². The molecule has 7 nitrogen and oxygen atoms in total. The summed E-state index contributed by atoms with van der Waals surface area (Å²) in [5.74, 6) is 1.55. The minimum atomic E-state index is -0.118. The second-order valence-electron chi connectivity index (χ2n) is 6.74. The molecular weight excluding hydrogens is 392 g/mol. The molecule has 148 valence electrons. The van der Waals surface area contributed by atoms with Crippen LogP contribution in [0.1, 0.15) is 37.2 Å². The third kappa shape index (κ3) is 5.62. The highest BCUT2D eigenvalue weighted by molar-refractivity contribution is 7.99. The first kappa shape index (κ1) is 20.5. The first-order valence-corrected chi connectivity index (χ1v) is 11.1. The summed E-state index contributed by atoms with van der Waals surface area (Å²) in [6.45, 7) is 7.08. The van der Waals surface area contributed by atoms with Gasteiger partial charge in [-0.1, -0.05) is 67.3 Å². The van der Waals surface area contributed by atoms with Crippen LogP contribution in [0.5, 0.6) is 0 Å². The fraction of sp³-hybridized carbons (Fsp3) is 0.421. The van der Waals surface area contributed by atoms with Crippen LogP contribution in [0.4, 0.5) is 5.13 Å². The number of thioether (sulfide) groups is 1. The maximum absolute atomic E-state index is 12.3. The van der Waals surface area contributed by atoms with Crippen LogP contribution in [0, 0.1) is 5.92 Å². The van der Waals surface area contributed by atoms with E-state index in [2.05, 4.69) is 63.2 Å². The second kappa shape index (κ2) is 9.79. The Morgan fingerprint density at radius 2 is 1.96 bits per heavy atom. The van der Waals surface area contributed by atoms with Crippen molar-refractivity contribution in [2.45, 2.75) is 45.3 Å². The maximum atomic E-state index is 12.3. The molecule has 1 amide bonds. The Balaban J connectivity index is 1.56. The predicted molar refractivity (Wildman–Crippen MR) is 113 cm³/mol. The number of benzene rings is 1. The van der Waals surface area contributed by atoms with Crippen molar-refractivity contribution in [1.82, 2.24) is 25.0 Å². The molecule has 0 fully saturated rings. The Bertz CT molecular complexity index is 906. The van der Waals surface area contributed by atoms with Crippen molar-refractivity contribution in [1.29, 1.82) is 0 Å². The molecule has 0 aliphatic carbocycles. The smallest absolute Gasteiger partial charge is 0.236 e. The van der Waals surface area contributed by atoms with Gasteiger partial charge in [-0.25, -0.2) is 0 Å². The van der Waals surface area contributed by atoms with Gasteiger partial charge in [0.25, 0.3) is 0 Å². The van der Waals surface area contributed by atoms with E-state index in [0.717, 1.165) is 35.4 Å². The lowest BCUT2D eigenvalue weighted by molar-refractivity contribution is -0.113. The number of anilines is 1. The van der Waals surface area contributed by atoms with Crippen molar-refractivity contribution in [2.75, 3.05) is 11.1 Å². The third-order valence-corrected chi connectivity index (χ3v) is 5.77. The summed E-state index contributed by atoms with van der Waals surface area (Å²) in [5, 5.41) is 21.8. The lowest BCUT2D eigenvalue weighted by Crippen LogP contribution is -2.14. The Hall–Kier alpha value is -2.26. The SMILES string of the molecule is CCn1c(Cc2ccccc2)nnc1SCC(=O)Nc1nnc(CC(C)C)s1. The van der Waals surface area contributed by atoms with E-state index in [-0.39, 0.29) is 11.7 Å². The average molecular weight is 417 g/mol. The Kier molecular flexibility index (Phi) is 7.16. The number of nitrogens with one attached hydrogen (secondary N) is 1. The van der Waals surface area contributed by atoms with E-state index in [9.17, 15) is 4.79 Å². The molecule has 3 rings (SSSR count). The molecular formula is C19H24N6OS2. The first-order valence-electron chi connectivity index (χ1n) is 9.26. The molecule has 0 aliphatic heterocycles. The van der Waals surface area contributed by atoms with Gasteiger partial charge in [0.2, 0.25) is 11.0 Å². The molecule has 0 unspecified atom stereocenters. The average Bonchev–Trinajstić information content (AvgIpc) is 3.26. The number of nitrogens with zero attached hydrogens (tertiary/aromatic N) is 5. The molecule has 1 N–H and O–H groups in total. The number of amides is 1. The molecule has 2 heterocycles. The molecule has 9 heteroatoms. The zero-order valence-corrected chi connectivity index (χ0v) is 17.9. The fourth-order valence-electron chi connectivity index (χ4n) is 2.67. The second-order valence-corrected chi connectivity index (χ2v) is 8.75. The Morgan fingerprint density at radius 1 is 1.18 bits per heavy atom. The van der Waals surface area contributed by atoms with E-state index in [0.29, 0.717) is 11.0 Å². The van der Waals surface area contributed by atoms with E-state index in [1.165, 1.54) is 28.7 Å². The molecule has 0 saturated carbocycles. The summed E-state index contributed by atoms with van der Waals surface area (Å²) in [7, 11) is 0. The molecule has 0 spiro atoms. The van der Waals surface area contributed by atoms with Crippen LogP contribution in [0.25, 0.3) is 0 Å². The standard InChI is InChI=1S/C19H24N6OS2/c1-4-25-15(11-14-8-6-5-7-9-14)21-24-19(25)27-12-16(26)20-18-23-22-17(28-18)10-13(2)3/h5-9,13H,4,10-12H2,1-3H3,(H,20,23,26). The summed E-state index contributed by atoms with van der Waals surface area (Å²) in [6, 6.07) is 10.2. The van der Waals surface area contributed by atoms with E-state index in [1.54, 1.807) is 0 Å². The molecule has 2 aromatic heterocycles. The van der Waals surface area contributed by atoms with Gasteiger partial charge >= 0.3 is 0 Å². The Labute approximate surface area is 173 Å². The van der Waals surface area contributed by atoms with Gasteiger partial charge in [-0.3, -0.25) is 10.1 Å². The molecule has 28 heavy (non-hydrogen) atoms. The molecule has 0 aliphatic rings. The van der Waals surface area contributed by atoms with Crippen LogP contribution >= 0.6 is 23.1 Å². The summed E-state index contributed by atoms with van der Waals surface area (Å²) in [4.78, 5) is 12.3. The van der Waals surface area contributed by atoms with Crippen LogP contribution < -0.4 is 5.32 Å². The van der Waals surface area contributed by atoms with Gasteiger partial charge < -0.3 is 4.57 Å². The Morgan fingerprint density at radius 3 is 2.68 bits per heavy atom. The van der Waals surface area contributed by atoms with Crippen LogP contribution in [0.15, 0.2) is 35.5 Å². The molecule has 0 atom stereocenters. The van der Waals surface area contributed by atoms with Crippen LogP contribution in [0.3, 0.4) is 0 Å². The van der Waals surface area contributed by atoms with E-state index in [4.69, 9.17) is 0 Å². The largest absolute Gasteiger partial charge is 0.306 e. The molecule has 3 aromatic rings. The lowest BCUT2D eigenvalue weighted by Gasteiger charge is -2.07. The number of aromatic nitrogens is 5. The number of rotatable bonds is 9. The molecule has 0 radical (unpaired) electrons. The summed E-state index contributed by atoms with van der Waals surface area (Å²) < 4.78 is 2.05. The van der Waals surface area contributed by atoms with Crippen LogP contribution in [-0.4, -0.2) is 36.6 Å². The third-order valence-electron chi connectivity index (χ3n) is 3.94. The van der Waals surface area contributed by atoms with Crippen molar-refractivity contribution in [2.24, 2.45) is 5.92 Å².